The van der Waals surface area contributed by atoms with Crippen molar-refractivity contribution in [3.05, 3.63) is 0 Å². The summed E-state index contributed by atoms with van der Waals surface area (Å²) >= 11 is 0. The molecule has 1 N–H and O–H groups in total. The van der Waals surface area contributed by atoms with E-state index in [2.05, 4.69) is 0 Å². The van der Waals surface area contributed by atoms with E-state index >= 15 is 0 Å². The number of esters is 2. The van der Waals surface area contributed by atoms with E-state index in [0.29, 0.717) is 6.42 Å². The quantitative estimate of drug-likeness (QED) is 0.328. The minimum absolute atomic E-state index is 0.139. The Kier molecular flexibility index (Phi) is 12.3. The molecule has 3 fully saturated rings. The Morgan fingerprint density at radius 1 is 1.04 bits per heavy atom. The van der Waals surface area contributed by atoms with Crippen LogP contribution in [0.1, 0.15) is 81.6 Å². The molecule has 0 aliphatic carbocycles. The number of rotatable bonds is 6. The highest BCUT2D eigenvalue weighted by Crippen LogP contribution is 2.42. The van der Waals surface area contributed by atoms with Crippen LogP contribution in [0.25, 0.3) is 0 Å². The number of cyclic esters (lactones) is 1. The smallest absolute Gasteiger partial charge is 0.458 e. The van der Waals surface area contributed by atoms with Gasteiger partial charge in [0.1, 0.15) is 11.9 Å². The lowest BCUT2D eigenvalue weighted by molar-refractivity contribution is -0.303. The summed E-state index contributed by atoms with van der Waals surface area (Å²) in [6, 6.07) is -0.239. The van der Waals surface area contributed by atoms with Crippen molar-refractivity contribution in [2.75, 3.05) is 21.2 Å². The Morgan fingerprint density at radius 3 is 2.22 bits per heavy atom. The minimum Gasteiger partial charge on any atom is -0.458 e. The van der Waals surface area contributed by atoms with E-state index in [1.807, 2.05) is 25.9 Å². The molecule has 0 spiro atoms. The number of likely N-dealkylation sites (N-methyl/N-ethyl adjacent to an activating group) is 1. The Bertz CT molecular complexity index is 1120. The van der Waals surface area contributed by atoms with Crippen molar-refractivity contribution in [2.24, 2.45) is 23.7 Å². The topological polar surface area (TPSA) is 156 Å². The third kappa shape index (κ3) is 7.69. The lowest BCUT2D eigenvalue weighted by Crippen LogP contribution is -2.61. The van der Waals surface area contributed by atoms with Crippen LogP contribution in [0.3, 0.4) is 0 Å². The van der Waals surface area contributed by atoms with E-state index < -0.39 is 89.8 Å². The number of hydrogen-bond donors (Lipinski definition) is 1. The number of nitrogens with zero attached hydrogens (tertiary/aromatic N) is 1. The van der Waals surface area contributed by atoms with Crippen molar-refractivity contribution in [2.45, 2.75) is 142 Å². The van der Waals surface area contributed by atoms with Gasteiger partial charge in [-0.15, -0.1) is 0 Å². The van der Waals surface area contributed by atoms with Crippen LogP contribution in [0, 0.1) is 23.7 Å². The number of methoxy groups -OCH3 is 1. The van der Waals surface area contributed by atoms with Crippen molar-refractivity contribution in [3.63, 3.8) is 0 Å². The Hall–Kier alpha value is -2.32. The highest BCUT2D eigenvalue weighted by atomic mass is 16.8. The molecule has 0 unspecified atom stereocenters. The van der Waals surface area contributed by atoms with Gasteiger partial charge in [0.2, 0.25) is 0 Å². The zero-order valence-electron chi connectivity index (χ0n) is 29.4. The van der Waals surface area contributed by atoms with Gasteiger partial charge in [0, 0.05) is 25.9 Å². The molecule has 0 aromatic carbocycles. The Labute approximate surface area is 272 Å². The number of fused-ring (bicyclic) bond motifs is 1. The lowest BCUT2D eigenvalue weighted by Gasteiger charge is -2.48. The molecular formula is C33H55NO12. The van der Waals surface area contributed by atoms with Crippen molar-refractivity contribution in [1.29, 1.82) is 0 Å². The summed E-state index contributed by atoms with van der Waals surface area (Å²) in [4.78, 5) is 54.2. The van der Waals surface area contributed by atoms with Gasteiger partial charge in [0.05, 0.1) is 41.8 Å². The van der Waals surface area contributed by atoms with Gasteiger partial charge in [-0.05, 0) is 61.1 Å². The van der Waals surface area contributed by atoms with Crippen molar-refractivity contribution in [3.8, 4) is 0 Å². The number of ether oxygens (including phenoxy) is 7. The van der Waals surface area contributed by atoms with Gasteiger partial charge < -0.3 is 43.2 Å². The molecule has 14 atom stereocenters. The van der Waals surface area contributed by atoms with Crippen LogP contribution in [0.5, 0.6) is 0 Å². The average molecular weight is 658 g/mol. The van der Waals surface area contributed by atoms with Crippen LogP contribution in [0.15, 0.2) is 0 Å². The predicted octanol–water partition coefficient (Wildman–Crippen LogP) is 3.27. The number of carbonyl (C=O) groups is 4. The minimum atomic E-state index is -1.43. The Morgan fingerprint density at radius 2 is 1.67 bits per heavy atom. The summed E-state index contributed by atoms with van der Waals surface area (Å²) in [7, 11) is 5.25. The van der Waals surface area contributed by atoms with Crippen LogP contribution in [0.4, 0.5) is 4.79 Å². The fraction of sp³-hybridized carbons (Fsp3) is 0.879. The first-order valence-electron chi connectivity index (χ1n) is 16.3. The standard InChI is InChI=1S/C33H55NO12/c1-13-23-33(9)28(45-31(39)46-33)18(4)24(36)16(2)15-32(8,40-12)27(19(5)25(37)20(6)29(38)43-23)44-30-26(42-21(7)35)22(34(10)11)14-17(3)41-30/h16-20,22-23,25-28,30,37H,13-15H2,1-12H3/t16-,17-,18+,19+,20-,22+,23-,25+,26-,27-,28-,30+,32+,33-/m1/s1. The van der Waals surface area contributed by atoms with Gasteiger partial charge in [0.15, 0.2) is 24.1 Å². The number of hydrogen-bond acceptors (Lipinski definition) is 13. The van der Waals surface area contributed by atoms with Crippen LogP contribution >= 0.6 is 0 Å². The third-order valence-corrected chi connectivity index (χ3v) is 10.3. The largest absolute Gasteiger partial charge is 0.509 e. The van der Waals surface area contributed by atoms with Gasteiger partial charge in [-0.3, -0.25) is 14.4 Å². The molecule has 3 rings (SSSR count). The van der Waals surface area contributed by atoms with E-state index in [1.54, 1.807) is 48.5 Å². The maximum atomic E-state index is 14.0. The van der Waals surface area contributed by atoms with Crippen molar-refractivity contribution in [1.82, 2.24) is 4.90 Å². The first kappa shape index (κ1) is 38.1. The summed E-state index contributed by atoms with van der Waals surface area (Å²) in [6.45, 7) is 15.1. The lowest BCUT2D eigenvalue weighted by atomic mass is 9.74. The van der Waals surface area contributed by atoms with Crippen LogP contribution in [0.2, 0.25) is 0 Å². The molecule has 3 heterocycles. The molecule has 46 heavy (non-hydrogen) atoms. The molecular weight excluding hydrogens is 602 g/mol. The molecule has 0 bridgehead atoms. The fourth-order valence-electron chi connectivity index (χ4n) is 7.50. The summed E-state index contributed by atoms with van der Waals surface area (Å²) < 4.78 is 41.9. The summed E-state index contributed by atoms with van der Waals surface area (Å²) in [6.07, 6.45) is -6.35. The average Bonchev–Trinajstić information content (AvgIpc) is 3.30. The number of aliphatic hydroxyl groups excluding tert-OH is 1. The molecule has 0 aromatic rings. The normalized spacial score (nSPS) is 44.4. The number of Topliss-reactive ketones (excluding diaryl/α,β-unsaturated/α-hetero) is 1. The molecule has 0 radical (unpaired) electrons. The zero-order chi connectivity index (χ0) is 34.9. The number of aliphatic hydroxyl groups is 1. The predicted molar refractivity (Wildman–Crippen MR) is 164 cm³/mol. The molecule has 3 aliphatic rings. The number of ketones is 1. The molecule has 264 valence electrons. The summed E-state index contributed by atoms with van der Waals surface area (Å²) in [5, 5.41) is 11.7. The molecule has 3 aliphatic heterocycles. The second kappa shape index (κ2) is 14.8. The molecule has 13 nitrogen and oxygen atoms in total. The van der Waals surface area contributed by atoms with Gasteiger partial charge in [-0.1, -0.05) is 27.7 Å². The molecule has 0 amide bonds. The van der Waals surface area contributed by atoms with Crippen LogP contribution < -0.4 is 0 Å². The first-order valence-corrected chi connectivity index (χ1v) is 16.3. The van der Waals surface area contributed by atoms with Gasteiger partial charge in [-0.2, -0.15) is 0 Å². The second-order valence-electron chi connectivity index (χ2n) is 14.1. The van der Waals surface area contributed by atoms with E-state index in [4.69, 9.17) is 33.2 Å². The highest BCUT2D eigenvalue weighted by molar-refractivity contribution is 5.84. The van der Waals surface area contributed by atoms with E-state index in [-0.39, 0.29) is 30.8 Å². The van der Waals surface area contributed by atoms with Gasteiger partial charge in [0.25, 0.3) is 0 Å². The van der Waals surface area contributed by atoms with Crippen LogP contribution in [-0.4, -0.2) is 115 Å². The number of carbonyl (C=O) groups excluding carboxylic acids is 4. The van der Waals surface area contributed by atoms with Crippen molar-refractivity contribution < 1.29 is 57.4 Å². The molecule has 3 saturated heterocycles. The van der Waals surface area contributed by atoms with Crippen LogP contribution in [-0.2, 0) is 47.5 Å². The SMILES string of the molecule is CC[C@H]1OC(=O)[C@H](C)[C@@H](O)[C@H](C)[C@@H](O[C@@H]2O[C@H](C)C[C@H](N(C)C)[C@H]2OC(C)=O)[C@@](C)(OC)C[C@@H](C)C(=O)[C@H](C)[C@H]2OC(=O)O[C@@]21C. The van der Waals surface area contributed by atoms with Gasteiger partial charge in [-0.25, -0.2) is 4.79 Å². The monoisotopic (exact) mass is 657 g/mol. The fourth-order valence-corrected chi connectivity index (χ4v) is 7.50. The maximum Gasteiger partial charge on any atom is 0.509 e. The summed E-state index contributed by atoms with van der Waals surface area (Å²) in [5.41, 5.74) is -2.66. The van der Waals surface area contributed by atoms with E-state index in [9.17, 15) is 24.3 Å². The highest BCUT2D eigenvalue weighted by Gasteiger charge is 2.59. The van der Waals surface area contributed by atoms with Gasteiger partial charge >= 0.3 is 18.1 Å². The molecule has 0 saturated carbocycles. The first-order chi connectivity index (χ1) is 21.3. The van der Waals surface area contributed by atoms with E-state index in [1.165, 1.54) is 14.0 Å². The summed E-state index contributed by atoms with van der Waals surface area (Å²) in [5.74, 6) is -4.71. The second-order valence-corrected chi connectivity index (χ2v) is 14.1. The van der Waals surface area contributed by atoms with E-state index in [0.717, 1.165) is 0 Å². The zero-order valence-corrected chi connectivity index (χ0v) is 29.4. The Balaban J connectivity index is 2.12. The molecule has 0 aromatic heterocycles. The van der Waals surface area contributed by atoms with Crippen molar-refractivity contribution >= 4 is 23.9 Å². The third-order valence-electron chi connectivity index (χ3n) is 10.3. The maximum absolute atomic E-state index is 14.0. The molecule has 13 heteroatoms.